The van der Waals surface area contributed by atoms with Crippen LogP contribution >= 0.6 is 15.9 Å². The Labute approximate surface area is 125 Å². The summed E-state index contributed by atoms with van der Waals surface area (Å²) < 4.78 is 6.29. The Hall–Kier alpha value is -0.540. The molecule has 1 aromatic carbocycles. The van der Waals surface area contributed by atoms with E-state index in [2.05, 4.69) is 40.3 Å². The van der Waals surface area contributed by atoms with E-state index in [-0.39, 0.29) is 0 Å². The van der Waals surface area contributed by atoms with E-state index in [0.717, 1.165) is 22.7 Å². The summed E-state index contributed by atoms with van der Waals surface area (Å²) in [6, 6.07) is 7.01. The van der Waals surface area contributed by atoms with Crippen LogP contribution in [-0.4, -0.2) is 13.2 Å². The van der Waals surface area contributed by atoms with Gasteiger partial charge in [-0.25, -0.2) is 0 Å². The minimum Gasteiger partial charge on any atom is -0.496 e. The zero-order valence-corrected chi connectivity index (χ0v) is 13.5. The molecule has 2 rings (SSSR count). The van der Waals surface area contributed by atoms with Crippen molar-refractivity contribution in [2.24, 2.45) is 5.92 Å². The van der Waals surface area contributed by atoms with Crippen molar-refractivity contribution >= 4 is 15.9 Å². The van der Waals surface area contributed by atoms with Crippen LogP contribution in [0.15, 0.2) is 22.7 Å². The van der Waals surface area contributed by atoms with Gasteiger partial charge in [-0.3, -0.25) is 0 Å². The minimum atomic E-state index is 0.694. The molecule has 0 heterocycles. The van der Waals surface area contributed by atoms with Crippen LogP contribution in [0.5, 0.6) is 5.75 Å². The summed E-state index contributed by atoms with van der Waals surface area (Å²) in [6.07, 6.45) is 6.80. The summed E-state index contributed by atoms with van der Waals surface area (Å²) in [4.78, 5) is 0. The van der Waals surface area contributed by atoms with Crippen LogP contribution in [0.1, 0.15) is 44.6 Å². The predicted molar refractivity (Wildman–Crippen MR) is 83.6 cm³/mol. The van der Waals surface area contributed by atoms with Gasteiger partial charge in [0.15, 0.2) is 0 Å². The smallest absolute Gasteiger partial charge is 0.133 e. The van der Waals surface area contributed by atoms with Gasteiger partial charge < -0.3 is 10.1 Å². The summed E-state index contributed by atoms with van der Waals surface area (Å²) in [7, 11) is 1.70. The highest BCUT2D eigenvalue weighted by atomic mass is 79.9. The number of halogens is 1. The molecule has 1 fully saturated rings. The molecule has 2 nitrogen and oxygen atoms in total. The quantitative estimate of drug-likeness (QED) is 0.859. The van der Waals surface area contributed by atoms with Crippen molar-refractivity contribution in [2.75, 3.05) is 7.11 Å². The van der Waals surface area contributed by atoms with Gasteiger partial charge in [-0.2, -0.15) is 0 Å². The Morgan fingerprint density at radius 1 is 1.32 bits per heavy atom. The summed E-state index contributed by atoms with van der Waals surface area (Å²) in [6.45, 7) is 3.26. The molecule has 2 unspecified atom stereocenters. The van der Waals surface area contributed by atoms with Crippen molar-refractivity contribution in [3.05, 3.63) is 28.2 Å². The number of ether oxygens (including phenoxy) is 1. The molecule has 1 aromatic rings. The highest BCUT2D eigenvalue weighted by Crippen LogP contribution is 2.28. The molecule has 0 amide bonds. The second-order valence-electron chi connectivity index (χ2n) is 5.41. The second-order valence-corrected chi connectivity index (χ2v) is 6.26. The van der Waals surface area contributed by atoms with Crippen molar-refractivity contribution < 1.29 is 4.74 Å². The lowest BCUT2D eigenvalue weighted by atomic mass is 9.83. The monoisotopic (exact) mass is 325 g/mol. The third-order valence-electron chi connectivity index (χ3n) is 4.22. The number of hydrogen-bond acceptors (Lipinski definition) is 2. The first kappa shape index (κ1) is 14.9. The zero-order valence-electron chi connectivity index (χ0n) is 11.9. The van der Waals surface area contributed by atoms with Gasteiger partial charge in [-0.1, -0.05) is 32.3 Å². The minimum absolute atomic E-state index is 0.694. The fraction of sp³-hybridized carbons (Fsp3) is 0.625. The average molecular weight is 326 g/mol. The van der Waals surface area contributed by atoms with Crippen LogP contribution in [0.4, 0.5) is 0 Å². The van der Waals surface area contributed by atoms with Crippen molar-refractivity contribution in [2.45, 2.75) is 51.6 Å². The van der Waals surface area contributed by atoms with E-state index in [1.54, 1.807) is 7.11 Å². The van der Waals surface area contributed by atoms with Crippen LogP contribution in [0.25, 0.3) is 0 Å². The molecule has 2 atom stereocenters. The number of hydrogen-bond donors (Lipinski definition) is 1. The molecule has 106 valence electrons. The predicted octanol–water partition coefficient (Wildman–Crippen LogP) is 4.52. The van der Waals surface area contributed by atoms with E-state index in [4.69, 9.17) is 4.74 Å². The molecule has 0 bridgehead atoms. The molecule has 0 radical (unpaired) electrons. The summed E-state index contributed by atoms with van der Waals surface area (Å²) in [5, 5.41) is 3.74. The topological polar surface area (TPSA) is 21.3 Å². The van der Waals surface area contributed by atoms with Crippen LogP contribution in [0.3, 0.4) is 0 Å². The molecule has 1 aliphatic rings. The van der Waals surface area contributed by atoms with Crippen molar-refractivity contribution in [1.82, 2.24) is 5.32 Å². The maximum Gasteiger partial charge on any atom is 0.133 e. The van der Waals surface area contributed by atoms with E-state index >= 15 is 0 Å². The van der Waals surface area contributed by atoms with Gasteiger partial charge in [-0.05, 0) is 52.4 Å². The average Bonchev–Trinajstić information content (AvgIpc) is 2.45. The zero-order chi connectivity index (χ0) is 13.7. The molecule has 1 saturated carbocycles. The third kappa shape index (κ3) is 3.96. The van der Waals surface area contributed by atoms with Gasteiger partial charge in [0.05, 0.1) is 11.6 Å². The maximum absolute atomic E-state index is 5.26. The van der Waals surface area contributed by atoms with E-state index in [0.29, 0.717) is 6.04 Å². The standard InChI is InChI=1S/C16H24BrNO/c1-3-13-6-4-5-7-15(13)18-11-12-8-9-16(19-2)14(17)10-12/h8-10,13,15,18H,3-7,11H2,1-2H3. The SMILES string of the molecule is CCC1CCCCC1NCc1ccc(OC)c(Br)c1. The lowest BCUT2D eigenvalue weighted by Gasteiger charge is -2.31. The second kappa shape index (κ2) is 7.30. The molecule has 1 N–H and O–H groups in total. The van der Waals surface area contributed by atoms with Crippen LogP contribution in [0, 0.1) is 5.92 Å². The summed E-state index contributed by atoms with van der Waals surface area (Å²) in [5.74, 6) is 1.75. The Bertz CT molecular complexity index is 408. The Morgan fingerprint density at radius 2 is 2.11 bits per heavy atom. The van der Waals surface area contributed by atoms with Crippen molar-refractivity contribution in [3.8, 4) is 5.75 Å². The first-order chi connectivity index (χ1) is 9.24. The Balaban J connectivity index is 1.92. The number of methoxy groups -OCH3 is 1. The van der Waals surface area contributed by atoms with Gasteiger partial charge in [0.2, 0.25) is 0 Å². The number of benzene rings is 1. The number of nitrogens with one attached hydrogen (secondary N) is 1. The normalized spacial score (nSPS) is 23.3. The van der Waals surface area contributed by atoms with Crippen molar-refractivity contribution in [3.63, 3.8) is 0 Å². The van der Waals surface area contributed by atoms with E-state index in [1.165, 1.54) is 37.7 Å². The van der Waals surface area contributed by atoms with Crippen LogP contribution in [-0.2, 0) is 6.54 Å². The van der Waals surface area contributed by atoms with Gasteiger partial charge in [0, 0.05) is 12.6 Å². The first-order valence-corrected chi connectivity index (χ1v) is 8.09. The molecule has 0 aromatic heterocycles. The van der Waals surface area contributed by atoms with Crippen LogP contribution in [0.2, 0.25) is 0 Å². The number of rotatable bonds is 5. The summed E-state index contributed by atoms with van der Waals surface area (Å²) >= 11 is 3.55. The van der Waals surface area contributed by atoms with Crippen molar-refractivity contribution in [1.29, 1.82) is 0 Å². The van der Waals surface area contributed by atoms with Gasteiger partial charge in [-0.15, -0.1) is 0 Å². The maximum atomic E-state index is 5.26. The van der Waals surface area contributed by atoms with Gasteiger partial charge in [0.25, 0.3) is 0 Å². The Morgan fingerprint density at radius 3 is 2.79 bits per heavy atom. The lowest BCUT2D eigenvalue weighted by molar-refractivity contribution is 0.254. The van der Waals surface area contributed by atoms with Gasteiger partial charge >= 0.3 is 0 Å². The summed E-state index contributed by atoms with van der Waals surface area (Å²) in [5.41, 5.74) is 1.31. The molecule has 19 heavy (non-hydrogen) atoms. The molecule has 3 heteroatoms. The third-order valence-corrected chi connectivity index (χ3v) is 4.84. The largest absolute Gasteiger partial charge is 0.496 e. The Kier molecular flexibility index (Phi) is 5.71. The first-order valence-electron chi connectivity index (χ1n) is 7.30. The van der Waals surface area contributed by atoms with Gasteiger partial charge in [0.1, 0.15) is 5.75 Å². The molecule has 0 spiro atoms. The molecule has 1 aliphatic carbocycles. The fourth-order valence-corrected chi connectivity index (χ4v) is 3.62. The highest BCUT2D eigenvalue weighted by Gasteiger charge is 2.22. The lowest BCUT2D eigenvalue weighted by Crippen LogP contribution is -2.37. The molecule has 0 saturated heterocycles. The molecule has 0 aliphatic heterocycles. The van der Waals surface area contributed by atoms with E-state index in [9.17, 15) is 0 Å². The molecular weight excluding hydrogens is 302 g/mol. The van der Waals surface area contributed by atoms with Crippen LogP contribution < -0.4 is 10.1 Å². The highest BCUT2D eigenvalue weighted by molar-refractivity contribution is 9.10. The van der Waals surface area contributed by atoms with E-state index in [1.807, 2.05) is 6.07 Å². The molecular formula is C16H24BrNO. The fourth-order valence-electron chi connectivity index (χ4n) is 3.03. The van der Waals surface area contributed by atoms with E-state index < -0.39 is 0 Å².